The number of hydrogen-bond acceptors (Lipinski definition) is 6. The Morgan fingerprint density at radius 1 is 1.20 bits per heavy atom. The number of anilines is 1. The molecule has 2 fully saturated rings. The topological polar surface area (TPSA) is 79.0 Å². The summed E-state index contributed by atoms with van der Waals surface area (Å²) in [6.45, 7) is 2.94. The Balaban J connectivity index is 1.23. The Kier molecular flexibility index (Phi) is 5.37. The molecule has 158 valence electrons. The number of ether oxygens (including phenoxy) is 1. The molecule has 1 spiro atoms. The fourth-order valence-corrected chi connectivity index (χ4v) is 5.39. The monoisotopic (exact) mass is 470 g/mol. The third kappa shape index (κ3) is 3.78. The summed E-state index contributed by atoms with van der Waals surface area (Å²) in [5.74, 6) is 1.80. The highest BCUT2D eigenvalue weighted by Crippen LogP contribution is 2.47. The summed E-state index contributed by atoms with van der Waals surface area (Å²) < 4.78 is 5.99. The first-order chi connectivity index (χ1) is 14.6. The molecule has 0 bridgehead atoms. The summed E-state index contributed by atoms with van der Waals surface area (Å²) in [6.07, 6.45) is 7.96. The fourth-order valence-electron chi connectivity index (χ4n) is 5.11. The van der Waals surface area contributed by atoms with E-state index in [0.717, 1.165) is 41.6 Å². The molecule has 30 heavy (non-hydrogen) atoms. The van der Waals surface area contributed by atoms with Crippen molar-refractivity contribution in [2.45, 2.75) is 44.7 Å². The maximum atomic E-state index is 5.27. The molecule has 2 N–H and O–H groups in total. The molecule has 1 aliphatic heterocycles. The van der Waals surface area contributed by atoms with Crippen LogP contribution in [0.1, 0.15) is 37.7 Å². The van der Waals surface area contributed by atoms with Crippen molar-refractivity contribution in [3.63, 3.8) is 0 Å². The lowest BCUT2D eigenvalue weighted by Gasteiger charge is -2.43. The van der Waals surface area contributed by atoms with Gasteiger partial charge in [-0.2, -0.15) is 4.98 Å². The van der Waals surface area contributed by atoms with E-state index in [9.17, 15) is 0 Å². The van der Waals surface area contributed by atoms with Crippen LogP contribution in [0.3, 0.4) is 0 Å². The maximum Gasteiger partial charge on any atom is 0.206 e. The molecule has 0 unspecified atom stereocenters. The normalized spacial score (nSPS) is 20.9. The van der Waals surface area contributed by atoms with Crippen LogP contribution in [0.15, 0.2) is 35.1 Å². The largest absolute Gasteiger partial charge is 0.497 e. The molecule has 1 aromatic carbocycles. The lowest BCUT2D eigenvalue weighted by atomic mass is 9.74. The summed E-state index contributed by atoms with van der Waals surface area (Å²) >= 11 is 3.38. The van der Waals surface area contributed by atoms with Gasteiger partial charge >= 0.3 is 0 Å². The van der Waals surface area contributed by atoms with Crippen LogP contribution in [0, 0.1) is 5.41 Å². The Labute approximate surface area is 184 Å². The van der Waals surface area contributed by atoms with Crippen LogP contribution in [-0.2, 0) is 6.54 Å². The Bertz CT molecular complexity index is 1010. The Hall–Kier alpha value is -2.19. The molecule has 8 heteroatoms. The number of benzene rings is 1. The van der Waals surface area contributed by atoms with Crippen LogP contribution < -0.4 is 15.0 Å². The van der Waals surface area contributed by atoms with E-state index >= 15 is 0 Å². The number of H-pyrrole nitrogens is 1. The van der Waals surface area contributed by atoms with Crippen LogP contribution >= 0.6 is 15.9 Å². The first-order valence-corrected chi connectivity index (χ1v) is 11.4. The summed E-state index contributed by atoms with van der Waals surface area (Å²) in [6, 6.07) is 8.96. The van der Waals surface area contributed by atoms with Gasteiger partial charge in [0, 0.05) is 25.7 Å². The minimum absolute atomic E-state index is 0.397. The summed E-state index contributed by atoms with van der Waals surface area (Å²) in [4.78, 5) is 19.1. The van der Waals surface area contributed by atoms with Crippen molar-refractivity contribution in [2.75, 3.05) is 25.1 Å². The van der Waals surface area contributed by atoms with Gasteiger partial charge in [0.1, 0.15) is 10.4 Å². The summed E-state index contributed by atoms with van der Waals surface area (Å²) in [5, 5.41) is 3.87. The Morgan fingerprint density at radius 2 is 2.00 bits per heavy atom. The van der Waals surface area contributed by atoms with Crippen molar-refractivity contribution in [1.29, 1.82) is 0 Å². The number of aromatic amines is 1. The van der Waals surface area contributed by atoms with Gasteiger partial charge in [-0.05, 0) is 64.7 Å². The standard InChI is InChI=1S/C22H27BrN6O/c1-30-16-6-4-15(5-7-16)13-24-17-3-2-8-22(17)9-11-29(12-10-22)21-27-19-20(28-21)26-18(23)14-25-19/h4-7,14,17,24H,2-3,8-13H2,1H3,(H,25,26,27,28)/t17-/m1/s1. The van der Waals surface area contributed by atoms with Gasteiger partial charge < -0.3 is 19.9 Å². The van der Waals surface area contributed by atoms with Gasteiger partial charge in [-0.25, -0.2) is 9.97 Å². The molecule has 0 amide bonds. The number of rotatable bonds is 5. The van der Waals surface area contributed by atoms with Crippen molar-refractivity contribution in [3.05, 3.63) is 40.6 Å². The quantitative estimate of drug-likeness (QED) is 0.585. The predicted octanol–water partition coefficient (Wildman–Crippen LogP) is 4.05. The van der Waals surface area contributed by atoms with Crippen molar-refractivity contribution < 1.29 is 4.74 Å². The molecule has 2 aliphatic rings. The zero-order valence-electron chi connectivity index (χ0n) is 17.2. The van der Waals surface area contributed by atoms with Crippen molar-refractivity contribution in [3.8, 4) is 5.75 Å². The summed E-state index contributed by atoms with van der Waals surface area (Å²) in [5.41, 5.74) is 3.12. The van der Waals surface area contributed by atoms with E-state index in [2.05, 4.69) is 58.2 Å². The zero-order valence-corrected chi connectivity index (χ0v) is 18.8. The molecule has 5 rings (SSSR count). The highest BCUT2D eigenvalue weighted by atomic mass is 79.9. The number of aromatic nitrogens is 4. The van der Waals surface area contributed by atoms with Gasteiger partial charge in [-0.1, -0.05) is 18.6 Å². The van der Waals surface area contributed by atoms with E-state index in [1.807, 2.05) is 12.1 Å². The SMILES string of the molecule is COc1ccc(CN[C@@H]2CCCC23CCN(c2nc4ncc(Br)nc4[nH]2)CC3)cc1. The van der Waals surface area contributed by atoms with Crippen molar-refractivity contribution in [1.82, 2.24) is 25.3 Å². The number of hydrogen-bond donors (Lipinski definition) is 2. The molecule has 2 aromatic heterocycles. The third-order valence-corrected chi connectivity index (χ3v) is 7.22. The molecule has 1 atom stereocenters. The third-order valence-electron chi connectivity index (χ3n) is 6.84. The Morgan fingerprint density at radius 3 is 2.77 bits per heavy atom. The maximum absolute atomic E-state index is 5.27. The van der Waals surface area contributed by atoms with Crippen LogP contribution in [0.25, 0.3) is 11.3 Å². The van der Waals surface area contributed by atoms with E-state index in [1.54, 1.807) is 13.3 Å². The molecule has 1 aliphatic carbocycles. The first kappa shape index (κ1) is 19.8. The number of piperidine rings is 1. The van der Waals surface area contributed by atoms with E-state index in [4.69, 9.17) is 4.74 Å². The fraction of sp³-hybridized carbons (Fsp3) is 0.500. The van der Waals surface area contributed by atoms with E-state index in [-0.39, 0.29) is 0 Å². The molecule has 3 heterocycles. The number of halogens is 1. The van der Waals surface area contributed by atoms with E-state index in [1.165, 1.54) is 37.7 Å². The number of fused-ring (bicyclic) bond motifs is 1. The second kappa shape index (κ2) is 8.15. The molecule has 3 aromatic rings. The zero-order chi connectivity index (χ0) is 20.6. The molecule has 7 nitrogen and oxygen atoms in total. The second-order valence-corrected chi connectivity index (χ2v) is 9.26. The molecule has 1 saturated heterocycles. The minimum atomic E-state index is 0.397. The van der Waals surface area contributed by atoms with Crippen molar-refractivity contribution in [2.24, 2.45) is 5.41 Å². The smallest absolute Gasteiger partial charge is 0.206 e. The second-order valence-electron chi connectivity index (χ2n) is 8.45. The van der Waals surface area contributed by atoms with Gasteiger partial charge in [-0.15, -0.1) is 0 Å². The van der Waals surface area contributed by atoms with E-state index < -0.39 is 0 Å². The summed E-state index contributed by atoms with van der Waals surface area (Å²) in [7, 11) is 1.71. The van der Waals surface area contributed by atoms with Crippen LogP contribution in [0.5, 0.6) is 5.75 Å². The van der Waals surface area contributed by atoms with Gasteiger partial charge in [0.25, 0.3) is 0 Å². The van der Waals surface area contributed by atoms with Crippen LogP contribution in [0.4, 0.5) is 5.95 Å². The van der Waals surface area contributed by atoms with Gasteiger partial charge in [0.15, 0.2) is 11.3 Å². The molecular weight excluding hydrogens is 444 g/mol. The lowest BCUT2D eigenvalue weighted by Crippen LogP contribution is -2.48. The average Bonchev–Trinajstić information content (AvgIpc) is 3.37. The van der Waals surface area contributed by atoms with E-state index in [0.29, 0.717) is 17.1 Å². The number of imidazole rings is 1. The van der Waals surface area contributed by atoms with Crippen LogP contribution in [0.2, 0.25) is 0 Å². The molecular formula is C22H27BrN6O. The van der Waals surface area contributed by atoms with Gasteiger partial charge in [0.05, 0.1) is 13.3 Å². The number of nitrogens with one attached hydrogen (secondary N) is 2. The average molecular weight is 471 g/mol. The molecule has 1 saturated carbocycles. The predicted molar refractivity (Wildman–Crippen MR) is 121 cm³/mol. The highest BCUT2D eigenvalue weighted by Gasteiger charge is 2.44. The van der Waals surface area contributed by atoms with Crippen LogP contribution in [-0.4, -0.2) is 46.2 Å². The lowest BCUT2D eigenvalue weighted by molar-refractivity contribution is 0.170. The van der Waals surface area contributed by atoms with Crippen molar-refractivity contribution >= 4 is 33.2 Å². The first-order valence-electron chi connectivity index (χ1n) is 10.6. The van der Waals surface area contributed by atoms with Gasteiger partial charge in [0.2, 0.25) is 5.95 Å². The highest BCUT2D eigenvalue weighted by molar-refractivity contribution is 9.10. The number of methoxy groups -OCH3 is 1. The number of nitrogens with zero attached hydrogens (tertiary/aromatic N) is 4. The molecule has 0 radical (unpaired) electrons. The minimum Gasteiger partial charge on any atom is -0.497 e. The van der Waals surface area contributed by atoms with Gasteiger partial charge in [-0.3, -0.25) is 0 Å².